The number of nitrogens with zero attached hydrogens (tertiary/aromatic N) is 1. The number of carbonyl (C=O) groups is 1. The number of hydrogen-bond acceptors (Lipinski definition) is 4. The summed E-state index contributed by atoms with van der Waals surface area (Å²) in [5, 5.41) is 0. The maximum Gasteiger partial charge on any atom is 0.244 e. The first-order valence-corrected chi connectivity index (χ1v) is 12.4. The number of aryl methyl sites for hydroxylation is 1. The summed E-state index contributed by atoms with van der Waals surface area (Å²) in [6, 6.07) is 21.9. The van der Waals surface area contributed by atoms with Crippen molar-refractivity contribution in [3.63, 3.8) is 0 Å². The van der Waals surface area contributed by atoms with Crippen molar-refractivity contribution in [1.82, 2.24) is 4.31 Å². The molecule has 0 fully saturated rings. The van der Waals surface area contributed by atoms with E-state index in [2.05, 4.69) is 0 Å². The van der Waals surface area contributed by atoms with Crippen LogP contribution in [-0.2, 0) is 10.0 Å². The highest BCUT2D eigenvalue weighted by molar-refractivity contribution is 7.89. The molecule has 6 heteroatoms. The van der Waals surface area contributed by atoms with Gasteiger partial charge in [0.15, 0.2) is 5.78 Å². The Morgan fingerprint density at radius 2 is 1.58 bits per heavy atom. The Bertz CT molecular complexity index is 1260. The second kappa shape index (κ2) is 9.33. The number of methoxy groups -OCH3 is 1. The van der Waals surface area contributed by atoms with Crippen LogP contribution in [0.4, 0.5) is 0 Å². The molecule has 1 aliphatic rings. The molecule has 1 heterocycles. The number of rotatable bonds is 7. The van der Waals surface area contributed by atoms with E-state index in [1.807, 2.05) is 50.3 Å². The summed E-state index contributed by atoms with van der Waals surface area (Å²) in [4.78, 5) is 13.8. The van der Waals surface area contributed by atoms with Crippen molar-refractivity contribution in [1.29, 1.82) is 0 Å². The van der Waals surface area contributed by atoms with Gasteiger partial charge in [0, 0.05) is 17.2 Å². The fourth-order valence-corrected chi connectivity index (χ4v) is 6.02. The van der Waals surface area contributed by atoms with Crippen LogP contribution in [0, 0.1) is 6.92 Å². The van der Waals surface area contributed by atoms with Crippen LogP contribution < -0.4 is 4.74 Å². The fraction of sp³-hybridized carbons (Fsp3) is 0.222. The Labute approximate surface area is 195 Å². The van der Waals surface area contributed by atoms with Crippen molar-refractivity contribution in [3.8, 4) is 5.75 Å². The van der Waals surface area contributed by atoms with Gasteiger partial charge in [-0.25, -0.2) is 8.42 Å². The lowest BCUT2D eigenvalue weighted by Crippen LogP contribution is -2.38. The molecule has 0 N–H and O–H groups in total. The number of Topliss-reactive ketones (excluding diaryl/α,β-unsaturated/α-hetero) is 1. The van der Waals surface area contributed by atoms with Gasteiger partial charge in [-0.05, 0) is 43.2 Å². The first-order valence-electron chi connectivity index (χ1n) is 10.9. The first-order chi connectivity index (χ1) is 15.9. The van der Waals surface area contributed by atoms with Crippen molar-refractivity contribution >= 4 is 15.8 Å². The highest BCUT2D eigenvalue weighted by Crippen LogP contribution is 2.43. The average Bonchev–Trinajstić information content (AvgIpc) is 3.25. The second-order valence-corrected chi connectivity index (χ2v) is 9.96. The van der Waals surface area contributed by atoms with E-state index in [1.165, 1.54) is 4.31 Å². The lowest BCUT2D eigenvalue weighted by molar-refractivity contribution is 0.102. The summed E-state index contributed by atoms with van der Waals surface area (Å²) < 4.78 is 34.5. The number of benzene rings is 3. The zero-order chi connectivity index (χ0) is 23.6. The molecule has 0 aliphatic carbocycles. The fourth-order valence-electron chi connectivity index (χ4n) is 4.22. The van der Waals surface area contributed by atoms with Crippen molar-refractivity contribution in [2.24, 2.45) is 0 Å². The molecule has 2 atom stereocenters. The second-order valence-electron chi connectivity index (χ2n) is 8.12. The zero-order valence-electron chi connectivity index (χ0n) is 18.9. The van der Waals surface area contributed by atoms with Gasteiger partial charge < -0.3 is 4.74 Å². The van der Waals surface area contributed by atoms with Crippen LogP contribution in [0.15, 0.2) is 95.4 Å². The molecule has 0 bridgehead atoms. The number of ether oxygens (including phenoxy) is 1. The standard InChI is InChI=1S/C27H27NO4S/c1-4-22-18-25(27(29)21-8-6-5-7-9-21)26(20-12-14-23(32-3)15-13-20)28(22)33(30,31)24-16-10-19(2)11-17-24/h5-18,22,26H,4H2,1-3H3/t22-,26+/m1/s1. The van der Waals surface area contributed by atoms with Crippen LogP contribution in [0.3, 0.4) is 0 Å². The van der Waals surface area contributed by atoms with Gasteiger partial charge in [0.25, 0.3) is 0 Å². The smallest absolute Gasteiger partial charge is 0.244 e. The molecule has 3 aromatic carbocycles. The number of carbonyl (C=O) groups excluding carboxylic acids is 1. The van der Waals surface area contributed by atoms with Crippen LogP contribution in [0.1, 0.15) is 40.9 Å². The molecule has 33 heavy (non-hydrogen) atoms. The van der Waals surface area contributed by atoms with E-state index >= 15 is 0 Å². The van der Waals surface area contributed by atoms with Gasteiger partial charge in [0.1, 0.15) is 5.75 Å². The predicted octanol–water partition coefficient (Wildman–Crippen LogP) is 5.34. The Morgan fingerprint density at radius 3 is 2.15 bits per heavy atom. The molecule has 0 spiro atoms. The molecule has 0 radical (unpaired) electrons. The Morgan fingerprint density at radius 1 is 0.939 bits per heavy atom. The van der Waals surface area contributed by atoms with Crippen LogP contribution in [0.5, 0.6) is 5.75 Å². The SMILES string of the molecule is CC[C@@H]1C=C(C(=O)c2ccccc2)[C@H](c2ccc(OC)cc2)N1S(=O)(=O)c1ccc(C)cc1. The summed E-state index contributed by atoms with van der Waals surface area (Å²) in [5.74, 6) is 0.494. The molecule has 0 saturated heterocycles. The third-order valence-electron chi connectivity index (χ3n) is 5.99. The van der Waals surface area contributed by atoms with Crippen LogP contribution in [0.25, 0.3) is 0 Å². The number of hydrogen-bond donors (Lipinski definition) is 0. The third-order valence-corrected chi connectivity index (χ3v) is 7.90. The van der Waals surface area contributed by atoms with Gasteiger partial charge in [-0.15, -0.1) is 0 Å². The monoisotopic (exact) mass is 461 g/mol. The van der Waals surface area contributed by atoms with E-state index < -0.39 is 22.1 Å². The molecule has 0 unspecified atom stereocenters. The molecular weight excluding hydrogens is 434 g/mol. The Kier molecular flexibility index (Phi) is 6.49. The minimum absolute atomic E-state index is 0.170. The van der Waals surface area contributed by atoms with Crippen molar-refractivity contribution in [3.05, 3.63) is 107 Å². The lowest BCUT2D eigenvalue weighted by Gasteiger charge is -2.31. The summed E-state index contributed by atoms with van der Waals surface area (Å²) in [5.41, 5.74) is 2.70. The van der Waals surface area contributed by atoms with E-state index in [4.69, 9.17) is 4.74 Å². The van der Waals surface area contributed by atoms with Crippen molar-refractivity contribution in [2.45, 2.75) is 37.2 Å². The highest BCUT2D eigenvalue weighted by Gasteiger charge is 2.45. The van der Waals surface area contributed by atoms with Gasteiger partial charge in [-0.2, -0.15) is 4.31 Å². The molecular formula is C27H27NO4S. The normalized spacial score (nSPS) is 18.7. The lowest BCUT2D eigenvalue weighted by atomic mass is 9.94. The maximum absolute atomic E-state index is 13.9. The van der Waals surface area contributed by atoms with Gasteiger partial charge >= 0.3 is 0 Å². The van der Waals surface area contributed by atoms with E-state index in [0.29, 0.717) is 23.3 Å². The highest BCUT2D eigenvalue weighted by atomic mass is 32.2. The molecule has 0 aromatic heterocycles. The third kappa shape index (κ3) is 4.36. The minimum Gasteiger partial charge on any atom is -0.497 e. The van der Waals surface area contributed by atoms with Gasteiger partial charge in [0.05, 0.1) is 18.0 Å². The molecule has 0 saturated carbocycles. The van der Waals surface area contributed by atoms with Gasteiger partial charge in [-0.3, -0.25) is 4.79 Å². The minimum atomic E-state index is -3.88. The number of sulfonamides is 1. The Hall–Kier alpha value is -3.22. The van der Waals surface area contributed by atoms with Gasteiger partial charge in [0.2, 0.25) is 10.0 Å². The van der Waals surface area contributed by atoms with Crippen molar-refractivity contribution in [2.75, 3.05) is 7.11 Å². The molecule has 170 valence electrons. The van der Waals surface area contributed by atoms with E-state index in [-0.39, 0.29) is 10.7 Å². The summed E-state index contributed by atoms with van der Waals surface area (Å²) >= 11 is 0. The topological polar surface area (TPSA) is 63.7 Å². The molecule has 4 rings (SSSR count). The quantitative estimate of drug-likeness (QED) is 0.446. The summed E-state index contributed by atoms with van der Waals surface area (Å²) in [6.07, 6.45) is 2.36. The largest absolute Gasteiger partial charge is 0.497 e. The number of ketones is 1. The Balaban J connectivity index is 1.86. The predicted molar refractivity (Wildman–Crippen MR) is 129 cm³/mol. The van der Waals surface area contributed by atoms with E-state index in [9.17, 15) is 13.2 Å². The summed E-state index contributed by atoms with van der Waals surface area (Å²) in [6.45, 7) is 3.85. The van der Waals surface area contributed by atoms with Gasteiger partial charge in [-0.1, -0.05) is 73.2 Å². The molecule has 3 aromatic rings. The molecule has 0 amide bonds. The average molecular weight is 462 g/mol. The first kappa shape index (κ1) is 23.0. The van der Waals surface area contributed by atoms with Crippen LogP contribution >= 0.6 is 0 Å². The van der Waals surface area contributed by atoms with Crippen LogP contribution in [0.2, 0.25) is 0 Å². The van der Waals surface area contributed by atoms with Crippen LogP contribution in [-0.4, -0.2) is 31.7 Å². The van der Waals surface area contributed by atoms with E-state index in [0.717, 1.165) is 11.1 Å². The summed E-state index contributed by atoms with van der Waals surface area (Å²) in [7, 11) is -2.30. The van der Waals surface area contributed by atoms with E-state index in [1.54, 1.807) is 55.6 Å². The zero-order valence-corrected chi connectivity index (χ0v) is 19.7. The molecule has 5 nitrogen and oxygen atoms in total. The van der Waals surface area contributed by atoms with Crippen molar-refractivity contribution < 1.29 is 17.9 Å². The maximum atomic E-state index is 13.9. The molecule has 1 aliphatic heterocycles.